The second-order valence-electron chi connectivity index (χ2n) is 6.82. The van der Waals surface area contributed by atoms with Crippen molar-refractivity contribution in [3.8, 4) is 17.2 Å². The van der Waals surface area contributed by atoms with Crippen molar-refractivity contribution >= 4 is 11.7 Å². The van der Waals surface area contributed by atoms with Gasteiger partial charge in [-0.3, -0.25) is 9.78 Å². The number of rotatable bonds is 5. The number of pyridine rings is 1. The molecule has 8 heteroatoms. The van der Waals surface area contributed by atoms with E-state index in [2.05, 4.69) is 25.5 Å². The van der Waals surface area contributed by atoms with E-state index in [1.54, 1.807) is 22.5 Å². The van der Waals surface area contributed by atoms with E-state index < -0.39 is 0 Å². The summed E-state index contributed by atoms with van der Waals surface area (Å²) in [6.45, 7) is 5.72. The lowest BCUT2D eigenvalue weighted by Crippen LogP contribution is -2.22. The van der Waals surface area contributed by atoms with Gasteiger partial charge in [-0.05, 0) is 45.0 Å². The molecule has 0 aliphatic carbocycles. The van der Waals surface area contributed by atoms with Gasteiger partial charge in [0.25, 0.3) is 0 Å². The molecule has 1 aromatic carbocycles. The topological polar surface area (TPSA) is 90.5 Å². The standard InChI is InChI=1S/C21H21N7O/c1-14-7-9-17(10-8-14)28-19(12-15(2)25-28)24-20(29)13-27-21(23-16(3)26-27)18-6-4-5-11-22-18/h4-12H,13H2,1-3H3,(H,24,29). The average Bonchev–Trinajstić information content (AvgIpc) is 3.25. The van der Waals surface area contributed by atoms with Crippen LogP contribution in [0.1, 0.15) is 17.1 Å². The highest BCUT2D eigenvalue weighted by Crippen LogP contribution is 2.18. The van der Waals surface area contributed by atoms with Gasteiger partial charge in [0, 0.05) is 12.3 Å². The van der Waals surface area contributed by atoms with Crippen LogP contribution in [0.15, 0.2) is 54.7 Å². The number of anilines is 1. The van der Waals surface area contributed by atoms with Crippen LogP contribution in [-0.2, 0) is 11.3 Å². The third kappa shape index (κ3) is 4.06. The maximum absolute atomic E-state index is 12.8. The van der Waals surface area contributed by atoms with Gasteiger partial charge < -0.3 is 5.32 Å². The average molecular weight is 387 g/mol. The zero-order valence-electron chi connectivity index (χ0n) is 16.5. The zero-order chi connectivity index (χ0) is 20.4. The molecule has 4 rings (SSSR count). The number of carbonyl (C=O) groups is 1. The van der Waals surface area contributed by atoms with Crippen LogP contribution in [0.25, 0.3) is 17.2 Å². The van der Waals surface area contributed by atoms with E-state index >= 15 is 0 Å². The second-order valence-corrected chi connectivity index (χ2v) is 6.82. The molecule has 3 heterocycles. The fraction of sp³-hybridized carbons (Fsp3) is 0.190. The SMILES string of the molecule is Cc1ccc(-n2nc(C)cc2NC(=O)Cn2nc(C)nc2-c2ccccn2)cc1. The summed E-state index contributed by atoms with van der Waals surface area (Å²) in [6, 6.07) is 15.3. The van der Waals surface area contributed by atoms with Gasteiger partial charge in [0.1, 0.15) is 23.9 Å². The quantitative estimate of drug-likeness (QED) is 0.568. The van der Waals surface area contributed by atoms with E-state index in [0.717, 1.165) is 16.9 Å². The molecule has 0 saturated carbocycles. The molecule has 4 aromatic rings. The molecule has 1 amide bonds. The first-order valence-electron chi connectivity index (χ1n) is 9.26. The molecule has 3 aromatic heterocycles. The molecule has 0 aliphatic rings. The van der Waals surface area contributed by atoms with Crippen LogP contribution in [0, 0.1) is 20.8 Å². The van der Waals surface area contributed by atoms with E-state index in [-0.39, 0.29) is 12.5 Å². The molecule has 0 saturated heterocycles. The van der Waals surface area contributed by atoms with Crippen LogP contribution in [-0.4, -0.2) is 35.4 Å². The summed E-state index contributed by atoms with van der Waals surface area (Å²) in [5.74, 6) is 1.52. The Morgan fingerprint density at radius 2 is 1.83 bits per heavy atom. The maximum Gasteiger partial charge on any atom is 0.247 e. The molecule has 8 nitrogen and oxygen atoms in total. The lowest BCUT2D eigenvalue weighted by Gasteiger charge is -2.10. The van der Waals surface area contributed by atoms with E-state index in [1.165, 1.54) is 0 Å². The number of amides is 1. The minimum Gasteiger partial charge on any atom is -0.309 e. The Kier molecular flexibility index (Phi) is 4.90. The fourth-order valence-electron chi connectivity index (χ4n) is 3.04. The number of hydrogen-bond donors (Lipinski definition) is 1. The zero-order valence-corrected chi connectivity index (χ0v) is 16.5. The van der Waals surface area contributed by atoms with E-state index in [0.29, 0.717) is 23.2 Å². The summed E-state index contributed by atoms with van der Waals surface area (Å²) >= 11 is 0. The van der Waals surface area contributed by atoms with Crippen molar-refractivity contribution < 1.29 is 4.79 Å². The predicted molar refractivity (Wildman–Crippen MR) is 110 cm³/mol. The van der Waals surface area contributed by atoms with Crippen LogP contribution in [0.3, 0.4) is 0 Å². The molecule has 0 fully saturated rings. The van der Waals surface area contributed by atoms with Crippen molar-refractivity contribution in [2.75, 3.05) is 5.32 Å². The second kappa shape index (κ2) is 7.67. The summed E-state index contributed by atoms with van der Waals surface area (Å²) in [5.41, 5.74) is 3.52. The van der Waals surface area contributed by atoms with Gasteiger partial charge in [0.15, 0.2) is 5.82 Å². The van der Waals surface area contributed by atoms with Crippen molar-refractivity contribution in [3.63, 3.8) is 0 Å². The number of nitrogens with one attached hydrogen (secondary N) is 1. The molecular formula is C21H21N7O. The maximum atomic E-state index is 12.8. The molecule has 146 valence electrons. The first-order valence-corrected chi connectivity index (χ1v) is 9.26. The van der Waals surface area contributed by atoms with Crippen LogP contribution in [0.2, 0.25) is 0 Å². The third-order valence-electron chi connectivity index (χ3n) is 4.34. The Labute approximate surface area is 168 Å². The first kappa shape index (κ1) is 18.5. The lowest BCUT2D eigenvalue weighted by molar-refractivity contribution is -0.116. The Morgan fingerprint density at radius 1 is 1.03 bits per heavy atom. The van der Waals surface area contributed by atoms with Crippen molar-refractivity contribution in [3.05, 3.63) is 71.8 Å². The largest absolute Gasteiger partial charge is 0.309 e. The summed E-state index contributed by atoms with van der Waals surface area (Å²) in [7, 11) is 0. The fourth-order valence-corrected chi connectivity index (χ4v) is 3.04. The number of aromatic nitrogens is 6. The third-order valence-corrected chi connectivity index (χ3v) is 4.34. The number of carbonyl (C=O) groups excluding carboxylic acids is 1. The van der Waals surface area contributed by atoms with Crippen LogP contribution >= 0.6 is 0 Å². The summed E-state index contributed by atoms with van der Waals surface area (Å²) in [4.78, 5) is 21.5. The van der Waals surface area contributed by atoms with Gasteiger partial charge in [0.2, 0.25) is 5.91 Å². The monoisotopic (exact) mass is 387 g/mol. The van der Waals surface area contributed by atoms with Gasteiger partial charge in [-0.15, -0.1) is 0 Å². The van der Waals surface area contributed by atoms with Gasteiger partial charge in [-0.2, -0.15) is 10.2 Å². The van der Waals surface area contributed by atoms with E-state index in [9.17, 15) is 4.79 Å². The highest BCUT2D eigenvalue weighted by Gasteiger charge is 2.16. The smallest absolute Gasteiger partial charge is 0.247 e. The molecule has 0 unspecified atom stereocenters. The van der Waals surface area contributed by atoms with Crippen molar-refractivity contribution in [1.82, 2.24) is 29.5 Å². The van der Waals surface area contributed by atoms with E-state index in [1.807, 2.05) is 62.4 Å². The minimum atomic E-state index is -0.222. The molecule has 0 atom stereocenters. The van der Waals surface area contributed by atoms with Gasteiger partial charge >= 0.3 is 0 Å². The Hall–Kier alpha value is -3.81. The Bertz CT molecular complexity index is 1140. The molecule has 0 spiro atoms. The number of aryl methyl sites for hydroxylation is 3. The summed E-state index contributed by atoms with van der Waals surface area (Å²) in [5, 5.41) is 11.8. The molecule has 0 aliphatic heterocycles. The van der Waals surface area contributed by atoms with Crippen LogP contribution in [0.4, 0.5) is 5.82 Å². The van der Waals surface area contributed by atoms with Gasteiger partial charge in [-0.1, -0.05) is 23.8 Å². The Morgan fingerprint density at radius 3 is 2.55 bits per heavy atom. The molecule has 0 radical (unpaired) electrons. The summed E-state index contributed by atoms with van der Waals surface area (Å²) < 4.78 is 3.28. The molecular weight excluding hydrogens is 366 g/mol. The molecule has 29 heavy (non-hydrogen) atoms. The van der Waals surface area contributed by atoms with Crippen molar-refractivity contribution in [1.29, 1.82) is 0 Å². The molecule has 1 N–H and O–H groups in total. The number of hydrogen-bond acceptors (Lipinski definition) is 5. The van der Waals surface area contributed by atoms with Crippen molar-refractivity contribution in [2.45, 2.75) is 27.3 Å². The number of benzene rings is 1. The van der Waals surface area contributed by atoms with Crippen LogP contribution < -0.4 is 5.32 Å². The summed E-state index contributed by atoms with van der Waals surface area (Å²) in [6.07, 6.45) is 1.69. The van der Waals surface area contributed by atoms with Crippen molar-refractivity contribution in [2.24, 2.45) is 0 Å². The van der Waals surface area contributed by atoms with Gasteiger partial charge in [0.05, 0.1) is 11.4 Å². The minimum absolute atomic E-state index is 0.0187. The van der Waals surface area contributed by atoms with E-state index in [4.69, 9.17) is 0 Å². The number of nitrogens with zero attached hydrogens (tertiary/aromatic N) is 6. The normalized spacial score (nSPS) is 10.9. The molecule has 0 bridgehead atoms. The predicted octanol–water partition coefficient (Wildman–Crippen LogP) is 3.09. The highest BCUT2D eigenvalue weighted by molar-refractivity contribution is 5.90. The van der Waals surface area contributed by atoms with Crippen LogP contribution in [0.5, 0.6) is 0 Å². The Balaban J connectivity index is 1.57. The first-order chi connectivity index (χ1) is 14.0. The van der Waals surface area contributed by atoms with Gasteiger partial charge in [-0.25, -0.2) is 14.3 Å². The highest BCUT2D eigenvalue weighted by atomic mass is 16.2. The lowest BCUT2D eigenvalue weighted by atomic mass is 10.2.